The van der Waals surface area contributed by atoms with Gasteiger partial charge in [-0.05, 0) is 105 Å². The summed E-state index contributed by atoms with van der Waals surface area (Å²) in [5.74, 6) is 1.23. The second-order valence-corrected chi connectivity index (χ2v) is 35.5. The Balaban J connectivity index is 1.40. The topological polar surface area (TPSA) is 215 Å². The number of alkyl carbamates (subject to hydrolysis) is 1. The van der Waals surface area contributed by atoms with Gasteiger partial charge < -0.3 is 53.1 Å². The van der Waals surface area contributed by atoms with E-state index in [1.165, 1.54) is 0 Å². The van der Waals surface area contributed by atoms with Gasteiger partial charge in [0, 0.05) is 38.8 Å². The predicted octanol–water partition coefficient (Wildman–Crippen LogP) is 12.5. The van der Waals surface area contributed by atoms with Gasteiger partial charge in [-0.3, -0.25) is 9.36 Å². The number of ether oxygens (including phenoxy) is 5. The monoisotopic (exact) mass is 1190 g/mol. The first-order valence-electron chi connectivity index (χ1n) is 28.3. The van der Waals surface area contributed by atoms with Crippen LogP contribution in [0.25, 0.3) is 11.2 Å². The molecule has 0 bridgehead atoms. The number of methoxy groups -OCH3 is 2. The Morgan fingerprint density at radius 3 is 1.94 bits per heavy atom. The van der Waals surface area contributed by atoms with Crippen LogP contribution >= 0.6 is 8.53 Å². The number of aromatic nitrogens is 4. The van der Waals surface area contributed by atoms with Crippen LogP contribution in [-0.2, 0) is 33.3 Å². The number of rotatable bonds is 28. The van der Waals surface area contributed by atoms with Crippen LogP contribution in [0.5, 0.6) is 11.5 Å². The molecule has 0 saturated carbocycles. The summed E-state index contributed by atoms with van der Waals surface area (Å²) < 4.78 is 57.8. The standard InChI is InChI=1S/C61H84N9O10PSi2/c1-42(2)70(43(3)4)81(77-37-21-34-62)79-53-52(80-83(13,14)60(5,6)7)50(40-76-61(45-24-19-16-20-25-45,46-26-30-48(73-8)31-27-46)47-28-32-49(74-9)33-29-47)78-57(53)69-41-65-51-54(66-56(71)44-22-17-15-18-23-44)67-58(68-55(51)69)63-35-36-64-59(72)75-38-39-82(10,11)12/h15-20,22-33,41-43,50,52-53,57H,21,35-40H2,1-14H3,(H,64,72)(H2,63,66,67,68,71)/t50-,52+,53-,57-,81?/m1/s1. The van der Waals surface area contributed by atoms with E-state index in [1.807, 2.05) is 72.8 Å². The summed E-state index contributed by atoms with van der Waals surface area (Å²) in [7, 11) is -2.81. The Hall–Kier alpha value is -6.32. The number of nitrogens with zero attached hydrogens (tertiary/aromatic N) is 6. The first-order chi connectivity index (χ1) is 39.5. The van der Waals surface area contributed by atoms with E-state index in [0.29, 0.717) is 29.3 Å². The van der Waals surface area contributed by atoms with Crippen molar-refractivity contribution in [3.8, 4) is 17.6 Å². The van der Waals surface area contributed by atoms with Gasteiger partial charge in [-0.2, -0.15) is 15.2 Å². The van der Waals surface area contributed by atoms with Crippen LogP contribution in [0.3, 0.4) is 0 Å². The number of hydrogen-bond donors (Lipinski definition) is 3. The molecule has 22 heteroatoms. The molecule has 0 spiro atoms. The number of fused-ring (bicyclic) bond motifs is 1. The predicted molar refractivity (Wildman–Crippen MR) is 330 cm³/mol. The van der Waals surface area contributed by atoms with E-state index in [0.717, 1.165) is 22.7 Å². The van der Waals surface area contributed by atoms with Crippen molar-refractivity contribution in [3.63, 3.8) is 0 Å². The van der Waals surface area contributed by atoms with Crippen molar-refractivity contribution in [1.29, 1.82) is 5.26 Å². The average molecular weight is 1190 g/mol. The third-order valence-electron chi connectivity index (χ3n) is 14.8. The van der Waals surface area contributed by atoms with Crippen LogP contribution in [0.1, 0.15) is 88.2 Å². The van der Waals surface area contributed by atoms with Gasteiger partial charge >= 0.3 is 6.09 Å². The lowest BCUT2D eigenvalue weighted by Crippen LogP contribution is -2.51. The molecule has 446 valence electrons. The quantitative estimate of drug-likeness (QED) is 0.0180. The highest BCUT2D eigenvalue weighted by molar-refractivity contribution is 7.44. The summed E-state index contributed by atoms with van der Waals surface area (Å²) in [6.07, 6.45) is -2.41. The lowest BCUT2D eigenvalue weighted by atomic mass is 9.80. The number of amides is 2. The van der Waals surface area contributed by atoms with E-state index in [-0.39, 0.29) is 67.1 Å². The largest absolute Gasteiger partial charge is 0.497 e. The van der Waals surface area contributed by atoms with Crippen LogP contribution in [0.4, 0.5) is 16.6 Å². The number of carbonyl (C=O) groups excluding carboxylic acids is 2. The Kier molecular flexibility index (Phi) is 22.1. The summed E-state index contributed by atoms with van der Waals surface area (Å²) in [6.45, 7) is 26.8. The summed E-state index contributed by atoms with van der Waals surface area (Å²) in [4.78, 5) is 41.5. The van der Waals surface area contributed by atoms with Crippen molar-refractivity contribution in [2.45, 2.75) is 141 Å². The Morgan fingerprint density at radius 2 is 1.39 bits per heavy atom. The molecule has 1 unspecified atom stereocenters. The fraction of sp³-hybridized carbons (Fsp3) is 0.475. The zero-order valence-electron chi connectivity index (χ0n) is 50.6. The molecule has 0 aliphatic carbocycles. The molecule has 7 rings (SSSR count). The smallest absolute Gasteiger partial charge is 0.407 e. The molecule has 2 amide bonds. The van der Waals surface area contributed by atoms with Gasteiger partial charge in [0.2, 0.25) is 5.95 Å². The second kappa shape index (κ2) is 28.5. The van der Waals surface area contributed by atoms with Gasteiger partial charge in [0.1, 0.15) is 35.4 Å². The van der Waals surface area contributed by atoms with Crippen molar-refractivity contribution in [2.75, 3.05) is 57.8 Å². The van der Waals surface area contributed by atoms with Crippen LogP contribution in [0.2, 0.25) is 43.8 Å². The molecule has 19 nitrogen and oxygen atoms in total. The lowest BCUT2D eigenvalue weighted by molar-refractivity contribution is -0.0928. The van der Waals surface area contributed by atoms with Gasteiger partial charge in [-0.15, -0.1) is 0 Å². The normalized spacial score (nSPS) is 17.2. The molecule has 1 aliphatic heterocycles. The van der Waals surface area contributed by atoms with Crippen LogP contribution in [0.15, 0.2) is 116 Å². The fourth-order valence-corrected chi connectivity index (χ4v) is 13.2. The Labute approximate surface area is 493 Å². The van der Waals surface area contributed by atoms with Crippen molar-refractivity contribution >= 4 is 59.8 Å². The summed E-state index contributed by atoms with van der Waals surface area (Å²) >= 11 is 0. The minimum atomic E-state index is -2.75. The SMILES string of the molecule is COc1ccc(C(OC[C@H]2O[C@@H](n3cnc4c(NC(=O)c5ccccc5)nc(NCCNC(=O)OCC[Si](C)(C)C)nc43)[C@H](OP(OCCC#N)N(C(C)C)C(C)C)[C@H]2O[Si](C)(C)C(C)(C)C)(c2ccccc2)c2ccc(OC)cc2)cc1. The van der Waals surface area contributed by atoms with Crippen LogP contribution in [0, 0.1) is 11.3 Å². The van der Waals surface area contributed by atoms with Gasteiger partial charge in [-0.25, -0.2) is 14.4 Å². The van der Waals surface area contributed by atoms with E-state index in [9.17, 15) is 14.9 Å². The highest BCUT2D eigenvalue weighted by Gasteiger charge is 2.55. The van der Waals surface area contributed by atoms with Crippen molar-refractivity contribution < 1.29 is 46.7 Å². The van der Waals surface area contributed by atoms with E-state index >= 15 is 0 Å². The first kappa shape index (κ1) is 64.2. The molecule has 1 aliphatic rings. The number of anilines is 2. The molecule has 6 aromatic rings. The maximum atomic E-state index is 14.0. The Bertz CT molecular complexity index is 3030. The minimum Gasteiger partial charge on any atom is -0.497 e. The minimum absolute atomic E-state index is 0.0335. The summed E-state index contributed by atoms with van der Waals surface area (Å²) in [6, 6.07) is 37.6. The molecule has 83 heavy (non-hydrogen) atoms. The van der Waals surface area contributed by atoms with E-state index < -0.39 is 67.1 Å². The number of benzene rings is 4. The highest BCUT2D eigenvalue weighted by atomic mass is 31.2. The van der Waals surface area contributed by atoms with E-state index in [1.54, 1.807) is 49.4 Å². The second-order valence-electron chi connectivity index (χ2n) is 23.7. The van der Waals surface area contributed by atoms with Gasteiger partial charge in [-0.1, -0.05) is 113 Å². The van der Waals surface area contributed by atoms with Gasteiger partial charge in [0.15, 0.2) is 31.5 Å². The maximum absolute atomic E-state index is 14.0. The van der Waals surface area contributed by atoms with E-state index in [4.69, 9.17) is 52.1 Å². The van der Waals surface area contributed by atoms with Crippen molar-refractivity contribution in [2.24, 2.45) is 0 Å². The molecule has 3 heterocycles. The highest BCUT2D eigenvalue weighted by Crippen LogP contribution is 2.53. The molecular formula is C61H84N9O10PSi2. The number of nitrogens with one attached hydrogen (secondary N) is 3. The third-order valence-corrected chi connectivity index (χ3v) is 23.1. The molecule has 1 saturated heterocycles. The summed E-state index contributed by atoms with van der Waals surface area (Å²) in [5.41, 5.74) is 2.25. The molecule has 0 radical (unpaired) electrons. The zero-order valence-corrected chi connectivity index (χ0v) is 53.5. The summed E-state index contributed by atoms with van der Waals surface area (Å²) in [5, 5.41) is 18.6. The van der Waals surface area contributed by atoms with Crippen LogP contribution in [-0.4, -0.2) is 130 Å². The molecule has 2 aromatic heterocycles. The molecule has 5 atom stereocenters. The fourth-order valence-electron chi connectivity index (χ4n) is 9.40. The van der Waals surface area contributed by atoms with Crippen molar-refractivity contribution in [1.82, 2.24) is 29.5 Å². The maximum Gasteiger partial charge on any atom is 0.407 e. The molecule has 4 aromatic carbocycles. The zero-order chi connectivity index (χ0) is 60.1. The average Bonchev–Trinajstić information content (AvgIpc) is 2.52. The lowest BCUT2D eigenvalue weighted by Gasteiger charge is -2.43. The number of carbonyl (C=O) groups is 2. The van der Waals surface area contributed by atoms with E-state index in [2.05, 4.69) is 120 Å². The number of imidazole rings is 1. The third kappa shape index (κ3) is 16.1. The molecular weight excluding hydrogens is 1110 g/mol. The molecule has 3 N–H and O–H groups in total. The van der Waals surface area contributed by atoms with Gasteiger partial charge in [0.05, 0.1) is 52.9 Å². The van der Waals surface area contributed by atoms with Crippen LogP contribution < -0.4 is 25.4 Å². The number of nitriles is 1. The van der Waals surface area contributed by atoms with Gasteiger partial charge in [0.25, 0.3) is 14.4 Å². The van der Waals surface area contributed by atoms with Crippen molar-refractivity contribution in [3.05, 3.63) is 138 Å². The Morgan fingerprint density at radius 1 is 0.795 bits per heavy atom. The first-order valence-corrected chi connectivity index (χ1v) is 36.1. The number of hydrogen-bond acceptors (Lipinski definition) is 16. The molecule has 1 fully saturated rings.